The van der Waals surface area contributed by atoms with E-state index in [9.17, 15) is 24.8 Å². The molecule has 0 aromatic heterocycles. The Balaban J connectivity index is 1.68. The zero-order valence-electron chi connectivity index (χ0n) is 13.8. The average molecular weight is 358 g/mol. The minimum Gasteiger partial charge on any atom is -0.508 e. The summed E-state index contributed by atoms with van der Waals surface area (Å²) in [6.07, 6.45) is 0.493. The van der Waals surface area contributed by atoms with Crippen LogP contribution in [-0.4, -0.2) is 35.1 Å². The van der Waals surface area contributed by atoms with Crippen LogP contribution >= 0.6 is 0 Å². The van der Waals surface area contributed by atoms with Crippen LogP contribution in [0.3, 0.4) is 0 Å². The molecule has 0 aliphatic heterocycles. The molecule has 2 rings (SSSR count). The van der Waals surface area contributed by atoms with E-state index in [0.717, 1.165) is 0 Å². The Morgan fingerprint density at radius 3 is 2.50 bits per heavy atom. The van der Waals surface area contributed by atoms with Gasteiger partial charge in [-0.2, -0.15) is 0 Å². The van der Waals surface area contributed by atoms with Gasteiger partial charge in [0.15, 0.2) is 0 Å². The fraction of sp³-hybridized carbons (Fsp3) is 0.176. The van der Waals surface area contributed by atoms with Gasteiger partial charge in [0.25, 0.3) is 11.6 Å². The third-order valence-electron chi connectivity index (χ3n) is 3.35. The number of benzene rings is 2. The molecule has 2 aromatic carbocycles. The number of amides is 3. The van der Waals surface area contributed by atoms with Gasteiger partial charge in [-0.05, 0) is 30.7 Å². The first-order chi connectivity index (χ1) is 12.5. The number of urea groups is 1. The zero-order valence-corrected chi connectivity index (χ0v) is 13.8. The van der Waals surface area contributed by atoms with Crippen LogP contribution in [0.2, 0.25) is 0 Å². The lowest BCUT2D eigenvalue weighted by atomic mass is 10.2. The number of hydrogen-bond donors (Lipinski definition) is 4. The van der Waals surface area contributed by atoms with Gasteiger partial charge in [0.2, 0.25) is 0 Å². The Labute approximate surface area is 149 Å². The van der Waals surface area contributed by atoms with Crippen LogP contribution in [0.25, 0.3) is 0 Å². The van der Waals surface area contributed by atoms with E-state index in [1.54, 1.807) is 18.2 Å². The van der Waals surface area contributed by atoms with Crippen molar-refractivity contribution in [3.8, 4) is 5.75 Å². The van der Waals surface area contributed by atoms with Crippen LogP contribution in [0.1, 0.15) is 16.8 Å². The Morgan fingerprint density at radius 1 is 1.04 bits per heavy atom. The number of anilines is 1. The first-order valence-electron chi connectivity index (χ1n) is 7.82. The lowest BCUT2D eigenvalue weighted by Gasteiger charge is -2.08. The molecule has 0 radical (unpaired) electrons. The van der Waals surface area contributed by atoms with Crippen molar-refractivity contribution < 1.29 is 19.6 Å². The van der Waals surface area contributed by atoms with Crippen LogP contribution in [0.4, 0.5) is 16.2 Å². The molecular formula is C17H18N4O5. The van der Waals surface area contributed by atoms with Gasteiger partial charge in [0, 0.05) is 36.5 Å². The number of hydrogen-bond acceptors (Lipinski definition) is 5. The first-order valence-corrected chi connectivity index (χ1v) is 7.82. The number of nitro groups is 1. The van der Waals surface area contributed by atoms with Gasteiger partial charge in [0.05, 0.1) is 4.92 Å². The number of non-ortho nitro benzene ring substituents is 1. The number of nitrogens with zero attached hydrogens (tertiary/aromatic N) is 1. The molecule has 0 spiro atoms. The predicted octanol–water partition coefficient (Wildman–Crippen LogP) is 2.24. The summed E-state index contributed by atoms with van der Waals surface area (Å²) < 4.78 is 0. The van der Waals surface area contributed by atoms with E-state index in [4.69, 9.17) is 0 Å². The summed E-state index contributed by atoms with van der Waals surface area (Å²) in [7, 11) is 0. The summed E-state index contributed by atoms with van der Waals surface area (Å²) in [5, 5.41) is 27.8. The maximum absolute atomic E-state index is 11.8. The van der Waals surface area contributed by atoms with Crippen LogP contribution in [0.5, 0.6) is 5.75 Å². The molecule has 0 atom stereocenters. The Hall–Kier alpha value is -3.62. The quantitative estimate of drug-likeness (QED) is 0.342. The molecular weight excluding hydrogens is 340 g/mol. The molecule has 0 fully saturated rings. The second-order valence-corrected chi connectivity index (χ2v) is 5.35. The third-order valence-corrected chi connectivity index (χ3v) is 3.35. The van der Waals surface area contributed by atoms with Crippen molar-refractivity contribution in [1.82, 2.24) is 10.6 Å². The maximum atomic E-state index is 11.8. The van der Waals surface area contributed by atoms with E-state index in [-0.39, 0.29) is 17.3 Å². The number of phenolic OH excluding ortho intramolecular Hbond substituents is 1. The Kier molecular flexibility index (Phi) is 6.49. The van der Waals surface area contributed by atoms with Gasteiger partial charge >= 0.3 is 6.03 Å². The molecule has 2 aromatic rings. The highest BCUT2D eigenvalue weighted by molar-refractivity contribution is 5.94. The minimum absolute atomic E-state index is 0.0112. The SMILES string of the molecule is O=C(NCCCNC(=O)c1cccc(O)c1)Nc1cccc([N+](=O)[O-])c1. The van der Waals surface area contributed by atoms with Gasteiger partial charge in [-0.1, -0.05) is 12.1 Å². The second-order valence-electron chi connectivity index (χ2n) is 5.35. The summed E-state index contributed by atoms with van der Waals surface area (Å²) in [6.45, 7) is 0.645. The van der Waals surface area contributed by atoms with Crippen molar-refractivity contribution in [2.45, 2.75) is 6.42 Å². The van der Waals surface area contributed by atoms with Crippen molar-refractivity contribution in [3.05, 3.63) is 64.2 Å². The number of carbonyl (C=O) groups excluding carboxylic acids is 2. The number of phenols is 1. The lowest BCUT2D eigenvalue weighted by Crippen LogP contribution is -2.32. The van der Waals surface area contributed by atoms with Gasteiger partial charge < -0.3 is 21.1 Å². The fourth-order valence-corrected chi connectivity index (χ4v) is 2.11. The predicted molar refractivity (Wildman–Crippen MR) is 95.2 cm³/mol. The summed E-state index contributed by atoms with van der Waals surface area (Å²) in [5.74, 6) is -0.306. The number of carbonyl (C=O) groups is 2. The number of aromatic hydroxyl groups is 1. The topological polar surface area (TPSA) is 134 Å². The third kappa shape index (κ3) is 5.78. The molecule has 26 heavy (non-hydrogen) atoms. The highest BCUT2D eigenvalue weighted by Crippen LogP contribution is 2.16. The van der Waals surface area contributed by atoms with Crippen molar-refractivity contribution >= 4 is 23.3 Å². The molecule has 0 unspecified atom stereocenters. The summed E-state index contributed by atoms with van der Waals surface area (Å²) in [4.78, 5) is 33.7. The molecule has 136 valence electrons. The minimum atomic E-state index is -0.543. The normalized spacial score (nSPS) is 10.0. The summed E-state index contributed by atoms with van der Waals surface area (Å²) in [5.41, 5.74) is 0.549. The molecule has 0 aliphatic carbocycles. The van der Waals surface area contributed by atoms with Gasteiger partial charge in [-0.3, -0.25) is 14.9 Å². The highest BCUT2D eigenvalue weighted by Gasteiger charge is 2.08. The molecule has 0 bridgehead atoms. The zero-order chi connectivity index (χ0) is 18.9. The fourth-order valence-electron chi connectivity index (χ4n) is 2.11. The van der Waals surface area contributed by atoms with Crippen molar-refractivity contribution in [2.24, 2.45) is 0 Å². The molecule has 9 heteroatoms. The average Bonchev–Trinajstić information content (AvgIpc) is 2.61. The Morgan fingerprint density at radius 2 is 1.77 bits per heavy atom. The van der Waals surface area contributed by atoms with E-state index < -0.39 is 11.0 Å². The van der Waals surface area contributed by atoms with Crippen molar-refractivity contribution in [3.63, 3.8) is 0 Å². The Bertz CT molecular complexity index is 809. The van der Waals surface area contributed by atoms with Gasteiger partial charge in [-0.25, -0.2) is 4.79 Å². The van der Waals surface area contributed by atoms with Gasteiger partial charge in [-0.15, -0.1) is 0 Å². The first kappa shape index (κ1) is 18.7. The highest BCUT2D eigenvalue weighted by atomic mass is 16.6. The number of nitrogens with one attached hydrogen (secondary N) is 3. The monoisotopic (exact) mass is 358 g/mol. The van der Waals surface area contributed by atoms with E-state index in [1.807, 2.05) is 0 Å². The van der Waals surface area contributed by atoms with Crippen LogP contribution < -0.4 is 16.0 Å². The number of rotatable bonds is 7. The van der Waals surface area contributed by atoms with Crippen LogP contribution in [0, 0.1) is 10.1 Å². The standard InChI is InChI=1S/C17H18N4O5/c22-15-7-1-4-12(10-15)16(23)18-8-3-9-19-17(24)20-13-5-2-6-14(11-13)21(25)26/h1-2,4-7,10-11,22H,3,8-9H2,(H,18,23)(H2,19,20,24). The van der Waals surface area contributed by atoms with E-state index in [2.05, 4.69) is 16.0 Å². The molecule has 4 N–H and O–H groups in total. The van der Waals surface area contributed by atoms with E-state index in [0.29, 0.717) is 30.8 Å². The van der Waals surface area contributed by atoms with Crippen molar-refractivity contribution in [1.29, 1.82) is 0 Å². The maximum Gasteiger partial charge on any atom is 0.319 e. The van der Waals surface area contributed by atoms with Crippen LogP contribution in [0.15, 0.2) is 48.5 Å². The molecule has 0 saturated carbocycles. The molecule has 0 aliphatic rings. The van der Waals surface area contributed by atoms with Crippen LogP contribution in [-0.2, 0) is 0 Å². The summed E-state index contributed by atoms with van der Waals surface area (Å²) >= 11 is 0. The summed E-state index contributed by atoms with van der Waals surface area (Å²) in [6, 6.07) is 11.1. The molecule has 0 saturated heterocycles. The molecule has 3 amide bonds. The number of nitro benzene ring substituents is 1. The molecule has 9 nitrogen and oxygen atoms in total. The van der Waals surface area contributed by atoms with E-state index in [1.165, 1.54) is 30.3 Å². The van der Waals surface area contributed by atoms with Gasteiger partial charge in [0.1, 0.15) is 5.75 Å². The van der Waals surface area contributed by atoms with E-state index >= 15 is 0 Å². The second kappa shape index (κ2) is 9.02. The lowest BCUT2D eigenvalue weighted by molar-refractivity contribution is -0.384. The smallest absolute Gasteiger partial charge is 0.319 e. The molecule has 0 heterocycles. The van der Waals surface area contributed by atoms with Crippen molar-refractivity contribution in [2.75, 3.05) is 18.4 Å². The largest absolute Gasteiger partial charge is 0.508 e.